The summed E-state index contributed by atoms with van der Waals surface area (Å²) in [6, 6.07) is 18.8. The molecule has 0 fully saturated rings. The highest BCUT2D eigenvalue weighted by Gasteiger charge is 2.14. The number of Topliss-reactive ketones (excluding diaryl/α,β-unsaturated/α-hetero) is 1. The van der Waals surface area contributed by atoms with Gasteiger partial charge in [0.05, 0.1) is 5.56 Å². The maximum atomic E-state index is 13.0. The Morgan fingerprint density at radius 1 is 0.958 bits per heavy atom. The number of pyridine rings is 1. The minimum absolute atomic E-state index is 0.0379. The first-order valence-corrected chi connectivity index (χ1v) is 7.68. The van der Waals surface area contributed by atoms with Crippen molar-refractivity contribution in [2.24, 2.45) is 0 Å². The number of aryl methyl sites for hydroxylation is 1. The van der Waals surface area contributed by atoms with E-state index >= 15 is 0 Å². The first-order chi connectivity index (χ1) is 11.7. The number of hydrogen-bond donors (Lipinski definition) is 0. The Balaban J connectivity index is 1.73. The van der Waals surface area contributed by atoms with Crippen LogP contribution in [0.25, 0.3) is 0 Å². The van der Waals surface area contributed by atoms with E-state index in [0.717, 1.165) is 5.56 Å². The summed E-state index contributed by atoms with van der Waals surface area (Å²) in [6.45, 7) is 0. The molecule has 3 aromatic rings. The normalized spacial score (nSPS) is 10.4. The molecule has 1 heterocycles. The van der Waals surface area contributed by atoms with Crippen molar-refractivity contribution in [2.45, 2.75) is 12.8 Å². The third-order valence-electron chi connectivity index (χ3n) is 3.58. The Morgan fingerprint density at radius 2 is 1.71 bits per heavy atom. The molecule has 0 amide bonds. The van der Waals surface area contributed by atoms with E-state index in [1.165, 1.54) is 24.3 Å². The van der Waals surface area contributed by atoms with Crippen LogP contribution in [0, 0.1) is 5.82 Å². The number of benzene rings is 2. The summed E-state index contributed by atoms with van der Waals surface area (Å²) in [6.07, 6.45) is 2.59. The third kappa shape index (κ3) is 4.04. The van der Waals surface area contributed by atoms with Crippen LogP contribution in [-0.4, -0.2) is 10.8 Å². The molecule has 0 unspecified atom stereocenters. The van der Waals surface area contributed by atoms with Crippen LogP contribution >= 0.6 is 0 Å². The van der Waals surface area contributed by atoms with Gasteiger partial charge in [-0.1, -0.05) is 30.3 Å². The Kier molecular flexibility index (Phi) is 4.96. The molecule has 3 rings (SSSR count). The van der Waals surface area contributed by atoms with Crippen LogP contribution in [0.15, 0.2) is 72.9 Å². The van der Waals surface area contributed by atoms with E-state index in [9.17, 15) is 9.18 Å². The molecule has 0 aliphatic rings. The minimum Gasteiger partial charge on any atom is -0.438 e. The summed E-state index contributed by atoms with van der Waals surface area (Å²) in [5, 5.41) is 0. The van der Waals surface area contributed by atoms with Gasteiger partial charge in [-0.15, -0.1) is 0 Å². The second-order valence-electron chi connectivity index (χ2n) is 5.32. The van der Waals surface area contributed by atoms with E-state index in [4.69, 9.17) is 4.74 Å². The smallest absolute Gasteiger partial charge is 0.230 e. The van der Waals surface area contributed by atoms with E-state index < -0.39 is 0 Å². The molecule has 3 nitrogen and oxygen atoms in total. The molecule has 1 aromatic heterocycles. The average molecular weight is 321 g/mol. The van der Waals surface area contributed by atoms with E-state index in [0.29, 0.717) is 24.2 Å². The van der Waals surface area contributed by atoms with Gasteiger partial charge in [-0.25, -0.2) is 9.37 Å². The van der Waals surface area contributed by atoms with Crippen LogP contribution < -0.4 is 4.74 Å². The number of aromatic nitrogens is 1. The van der Waals surface area contributed by atoms with Gasteiger partial charge in [0.1, 0.15) is 11.6 Å². The van der Waals surface area contributed by atoms with E-state index in [-0.39, 0.29) is 17.5 Å². The molecular formula is C20H16FNO2. The summed E-state index contributed by atoms with van der Waals surface area (Å²) in [5.41, 5.74) is 1.54. The summed E-state index contributed by atoms with van der Waals surface area (Å²) >= 11 is 0. The average Bonchev–Trinajstić information content (AvgIpc) is 2.63. The molecule has 0 atom stereocenters. The molecule has 24 heavy (non-hydrogen) atoms. The monoisotopic (exact) mass is 321 g/mol. The molecule has 0 aliphatic heterocycles. The molecule has 2 aromatic carbocycles. The van der Waals surface area contributed by atoms with Crippen molar-refractivity contribution in [3.63, 3.8) is 0 Å². The molecular weight excluding hydrogens is 305 g/mol. The van der Waals surface area contributed by atoms with Gasteiger partial charge in [-0.2, -0.15) is 0 Å². The SMILES string of the molecule is O=C(CCc1ccccc1)c1cccnc1Oc1ccc(F)cc1. The fourth-order valence-electron chi connectivity index (χ4n) is 2.34. The van der Waals surface area contributed by atoms with Gasteiger partial charge in [0.25, 0.3) is 0 Å². The fourth-order valence-corrected chi connectivity index (χ4v) is 2.34. The zero-order valence-electron chi connectivity index (χ0n) is 13.0. The summed E-state index contributed by atoms with van der Waals surface area (Å²) < 4.78 is 18.6. The summed E-state index contributed by atoms with van der Waals surface area (Å²) in [7, 11) is 0. The topological polar surface area (TPSA) is 39.2 Å². The lowest BCUT2D eigenvalue weighted by atomic mass is 10.0. The number of halogens is 1. The second kappa shape index (κ2) is 7.51. The molecule has 0 bridgehead atoms. The molecule has 0 radical (unpaired) electrons. The molecule has 4 heteroatoms. The van der Waals surface area contributed by atoms with Gasteiger partial charge in [-0.3, -0.25) is 4.79 Å². The molecule has 0 N–H and O–H groups in total. The Bertz CT molecular complexity index is 817. The molecule has 0 saturated heterocycles. The van der Waals surface area contributed by atoms with Gasteiger partial charge in [0.2, 0.25) is 5.88 Å². The van der Waals surface area contributed by atoms with Crippen LogP contribution in [0.4, 0.5) is 4.39 Å². The highest BCUT2D eigenvalue weighted by molar-refractivity contribution is 5.98. The van der Waals surface area contributed by atoms with Crippen LogP contribution in [-0.2, 0) is 6.42 Å². The van der Waals surface area contributed by atoms with Crippen LogP contribution in [0.1, 0.15) is 22.3 Å². The van der Waals surface area contributed by atoms with Crippen molar-refractivity contribution in [3.05, 3.63) is 89.9 Å². The largest absolute Gasteiger partial charge is 0.438 e. The Hall–Kier alpha value is -3.01. The Morgan fingerprint density at radius 3 is 2.46 bits per heavy atom. The number of carbonyl (C=O) groups excluding carboxylic acids is 1. The van der Waals surface area contributed by atoms with E-state index in [1.807, 2.05) is 30.3 Å². The van der Waals surface area contributed by atoms with Crippen molar-refractivity contribution in [2.75, 3.05) is 0 Å². The maximum Gasteiger partial charge on any atom is 0.230 e. The fraction of sp³-hybridized carbons (Fsp3) is 0.100. The van der Waals surface area contributed by atoms with Gasteiger partial charge in [0, 0.05) is 12.6 Å². The summed E-state index contributed by atoms with van der Waals surface area (Å²) in [4.78, 5) is 16.6. The number of hydrogen-bond acceptors (Lipinski definition) is 3. The molecule has 0 spiro atoms. The zero-order chi connectivity index (χ0) is 16.8. The summed E-state index contributed by atoms with van der Waals surface area (Å²) in [5.74, 6) is 0.293. The lowest BCUT2D eigenvalue weighted by Gasteiger charge is -2.09. The quantitative estimate of drug-likeness (QED) is 0.611. The Labute approximate surface area is 139 Å². The first kappa shape index (κ1) is 15.9. The first-order valence-electron chi connectivity index (χ1n) is 7.68. The minimum atomic E-state index is -0.345. The van der Waals surface area contributed by atoms with Crippen LogP contribution in [0.5, 0.6) is 11.6 Å². The molecule has 0 saturated carbocycles. The van der Waals surface area contributed by atoms with Crippen molar-refractivity contribution in [1.82, 2.24) is 4.98 Å². The predicted molar refractivity (Wildman–Crippen MR) is 89.8 cm³/mol. The highest BCUT2D eigenvalue weighted by Crippen LogP contribution is 2.24. The van der Waals surface area contributed by atoms with Gasteiger partial charge >= 0.3 is 0 Å². The number of ketones is 1. The van der Waals surface area contributed by atoms with Gasteiger partial charge in [-0.05, 0) is 48.4 Å². The predicted octanol–water partition coefficient (Wildman–Crippen LogP) is 4.83. The number of carbonyl (C=O) groups is 1. The van der Waals surface area contributed by atoms with E-state index in [1.54, 1.807) is 18.3 Å². The molecule has 120 valence electrons. The molecule has 0 aliphatic carbocycles. The van der Waals surface area contributed by atoms with Crippen molar-refractivity contribution < 1.29 is 13.9 Å². The number of nitrogens with zero attached hydrogens (tertiary/aromatic N) is 1. The van der Waals surface area contributed by atoms with Crippen LogP contribution in [0.2, 0.25) is 0 Å². The lowest BCUT2D eigenvalue weighted by molar-refractivity contribution is 0.0980. The van der Waals surface area contributed by atoms with Crippen molar-refractivity contribution in [1.29, 1.82) is 0 Å². The second-order valence-corrected chi connectivity index (χ2v) is 5.32. The highest BCUT2D eigenvalue weighted by atomic mass is 19.1. The zero-order valence-corrected chi connectivity index (χ0v) is 13.0. The number of rotatable bonds is 6. The number of ether oxygens (including phenoxy) is 1. The maximum absolute atomic E-state index is 13.0. The van der Waals surface area contributed by atoms with Crippen LogP contribution in [0.3, 0.4) is 0 Å². The van der Waals surface area contributed by atoms with Crippen molar-refractivity contribution >= 4 is 5.78 Å². The van der Waals surface area contributed by atoms with E-state index in [2.05, 4.69) is 4.98 Å². The van der Waals surface area contributed by atoms with Crippen molar-refractivity contribution in [3.8, 4) is 11.6 Å². The lowest BCUT2D eigenvalue weighted by Crippen LogP contribution is -2.04. The standard InChI is InChI=1S/C20H16FNO2/c21-16-9-11-17(12-10-16)24-20-18(7-4-14-22-20)19(23)13-8-15-5-2-1-3-6-15/h1-7,9-12,14H,8,13H2. The van der Waals surface area contributed by atoms with Gasteiger partial charge in [0.15, 0.2) is 5.78 Å². The van der Waals surface area contributed by atoms with Gasteiger partial charge < -0.3 is 4.74 Å². The third-order valence-corrected chi connectivity index (χ3v) is 3.58.